The molecule has 0 unspecified atom stereocenters. The van der Waals surface area contributed by atoms with Crippen molar-refractivity contribution in [3.63, 3.8) is 0 Å². The molecule has 1 heterocycles. The number of rotatable bonds is 1. The number of ether oxygens (including phenoxy) is 1. The fourth-order valence-corrected chi connectivity index (χ4v) is 2.15. The molecular formula is C14H7Cl2NO2. The molecule has 0 radical (unpaired) electrons. The highest BCUT2D eigenvalue weighted by molar-refractivity contribution is 6.43. The Morgan fingerprint density at radius 2 is 1.68 bits per heavy atom. The summed E-state index contributed by atoms with van der Waals surface area (Å²) in [4.78, 5) is 15.9. The molecule has 0 bridgehead atoms. The van der Waals surface area contributed by atoms with E-state index in [0.717, 1.165) is 0 Å². The standard InChI is InChI=1S/C14H7Cl2NO2/c15-10-6-3-7-11(12(10)16)17-13-8-4-1-2-5-9(8)14(18)19-13/h1-7H. The molecule has 3 nitrogen and oxygen atoms in total. The van der Waals surface area contributed by atoms with Crippen LogP contribution in [-0.2, 0) is 4.74 Å². The van der Waals surface area contributed by atoms with Gasteiger partial charge in [-0.15, -0.1) is 0 Å². The summed E-state index contributed by atoms with van der Waals surface area (Å²) in [5, 5.41) is 0.734. The van der Waals surface area contributed by atoms with Crippen molar-refractivity contribution >= 4 is 40.8 Å². The number of cyclic esters (lactones) is 1. The lowest BCUT2D eigenvalue weighted by Crippen LogP contribution is -1.99. The number of aliphatic imine (C=N–C) groups is 1. The molecule has 0 N–H and O–H groups in total. The van der Waals surface area contributed by atoms with Gasteiger partial charge in [-0.25, -0.2) is 9.79 Å². The van der Waals surface area contributed by atoms with Gasteiger partial charge in [0, 0.05) is 0 Å². The van der Waals surface area contributed by atoms with Gasteiger partial charge >= 0.3 is 5.97 Å². The lowest BCUT2D eigenvalue weighted by Gasteiger charge is -2.01. The van der Waals surface area contributed by atoms with Crippen LogP contribution in [0, 0.1) is 0 Å². The van der Waals surface area contributed by atoms with Crippen molar-refractivity contribution < 1.29 is 9.53 Å². The summed E-state index contributed by atoms with van der Waals surface area (Å²) in [6.45, 7) is 0. The van der Waals surface area contributed by atoms with Crippen LogP contribution >= 0.6 is 23.2 Å². The molecule has 94 valence electrons. The summed E-state index contributed by atoms with van der Waals surface area (Å²) in [6, 6.07) is 12.2. The smallest absolute Gasteiger partial charge is 0.345 e. The molecule has 0 fully saturated rings. The van der Waals surface area contributed by atoms with E-state index in [9.17, 15) is 4.79 Å². The van der Waals surface area contributed by atoms with Crippen LogP contribution in [0.2, 0.25) is 10.0 Å². The van der Waals surface area contributed by atoms with E-state index >= 15 is 0 Å². The molecule has 0 atom stereocenters. The minimum Gasteiger partial charge on any atom is -0.403 e. The highest BCUT2D eigenvalue weighted by Crippen LogP contribution is 2.33. The van der Waals surface area contributed by atoms with E-state index in [1.54, 1.807) is 36.4 Å². The van der Waals surface area contributed by atoms with Crippen molar-refractivity contribution in [2.24, 2.45) is 4.99 Å². The number of nitrogens with zero attached hydrogens (tertiary/aromatic N) is 1. The van der Waals surface area contributed by atoms with E-state index in [4.69, 9.17) is 27.9 Å². The molecule has 1 aliphatic rings. The van der Waals surface area contributed by atoms with E-state index in [1.165, 1.54) is 0 Å². The van der Waals surface area contributed by atoms with Crippen LogP contribution in [0.1, 0.15) is 15.9 Å². The van der Waals surface area contributed by atoms with Crippen molar-refractivity contribution in [2.45, 2.75) is 0 Å². The number of halogens is 2. The maximum Gasteiger partial charge on any atom is 0.345 e. The van der Waals surface area contributed by atoms with Crippen LogP contribution in [0.25, 0.3) is 0 Å². The number of carbonyl (C=O) groups excluding carboxylic acids is 1. The zero-order valence-corrected chi connectivity index (χ0v) is 11.1. The first-order valence-electron chi connectivity index (χ1n) is 5.51. The van der Waals surface area contributed by atoms with E-state index in [0.29, 0.717) is 26.9 Å². The molecule has 2 aromatic carbocycles. The molecular weight excluding hydrogens is 285 g/mol. The van der Waals surface area contributed by atoms with Crippen LogP contribution in [-0.4, -0.2) is 11.9 Å². The lowest BCUT2D eigenvalue weighted by atomic mass is 10.1. The maximum absolute atomic E-state index is 11.7. The van der Waals surface area contributed by atoms with E-state index in [-0.39, 0.29) is 5.90 Å². The highest BCUT2D eigenvalue weighted by atomic mass is 35.5. The highest BCUT2D eigenvalue weighted by Gasteiger charge is 2.27. The van der Waals surface area contributed by atoms with Gasteiger partial charge in [0.15, 0.2) is 0 Å². The molecule has 0 saturated heterocycles. The fraction of sp³-hybridized carbons (Fsp3) is 0. The Morgan fingerprint density at radius 1 is 0.947 bits per heavy atom. The van der Waals surface area contributed by atoms with Gasteiger partial charge in [-0.2, -0.15) is 0 Å². The number of hydrogen-bond acceptors (Lipinski definition) is 3. The minimum atomic E-state index is -0.410. The van der Waals surface area contributed by atoms with Crippen LogP contribution in [0.3, 0.4) is 0 Å². The largest absolute Gasteiger partial charge is 0.403 e. The van der Waals surface area contributed by atoms with Crippen LogP contribution in [0.15, 0.2) is 47.5 Å². The molecule has 3 rings (SSSR count). The third-order valence-corrected chi connectivity index (χ3v) is 3.53. The van der Waals surface area contributed by atoms with Crippen molar-refractivity contribution in [3.05, 3.63) is 63.6 Å². The first kappa shape index (κ1) is 12.2. The second kappa shape index (κ2) is 4.68. The lowest BCUT2D eigenvalue weighted by molar-refractivity contribution is 0.0737. The van der Waals surface area contributed by atoms with E-state index in [1.807, 2.05) is 6.07 Å². The van der Waals surface area contributed by atoms with Gasteiger partial charge in [-0.05, 0) is 24.3 Å². The molecule has 0 saturated carbocycles. The van der Waals surface area contributed by atoms with Crippen molar-refractivity contribution in [1.29, 1.82) is 0 Å². The molecule has 19 heavy (non-hydrogen) atoms. The molecule has 0 spiro atoms. The number of carbonyl (C=O) groups is 1. The number of fused-ring (bicyclic) bond motifs is 1. The fourth-order valence-electron chi connectivity index (χ4n) is 1.82. The van der Waals surface area contributed by atoms with Gasteiger partial charge in [0.2, 0.25) is 5.90 Å². The van der Waals surface area contributed by atoms with Crippen molar-refractivity contribution in [2.75, 3.05) is 0 Å². The molecule has 0 aliphatic carbocycles. The number of hydrogen-bond donors (Lipinski definition) is 0. The Labute approximate surface area is 119 Å². The predicted molar refractivity (Wildman–Crippen MR) is 74.5 cm³/mol. The zero-order valence-electron chi connectivity index (χ0n) is 9.56. The third kappa shape index (κ3) is 2.11. The summed E-state index contributed by atoms with van der Waals surface area (Å²) in [5.41, 5.74) is 1.62. The van der Waals surface area contributed by atoms with Crippen LogP contribution < -0.4 is 0 Å². The quantitative estimate of drug-likeness (QED) is 0.737. The Morgan fingerprint density at radius 3 is 2.47 bits per heavy atom. The van der Waals surface area contributed by atoms with Gasteiger partial charge in [-0.3, -0.25) is 0 Å². The van der Waals surface area contributed by atoms with Gasteiger partial charge in [0.25, 0.3) is 0 Å². The van der Waals surface area contributed by atoms with Gasteiger partial charge in [-0.1, -0.05) is 41.4 Å². The van der Waals surface area contributed by atoms with Gasteiger partial charge in [0.05, 0.1) is 26.9 Å². The average Bonchev–Trinajstić information content (AvgIpc) is 2.73. The summed E-state index contributed by atoms with van der Waals surface area (Å²) < 4.78 is 5.14. The van der Waals surface area contributed by atoms with Gasteiger partial charge in [0.1, 0.15) is 0 Å². The maximum atomic E-state index is 11.7. The second-order valence-electron chi connectivity index (χ2n) is 3.93. The Balaban J connectivity index is 2.12. The van der Waals surface area contributed by atoms with E-state index < -0.39 is 5.97 Å². The molecule has 2 aromatic rings. The average molecular weight is 292 g/mol. The Bertz CT molecular complexity index is 710. The number of benzene rings is 2. The molecule has 0 aromatic heterocycles. The third-order valence-electron chi connectivity index (χ3n) is 2.72. The topological polar surface area (TPSA) is 38.7 Å². The molecule has 5 heteroatoms. The second-order valence-corrected chi connectivity index (χ2v) is 4.71. The first-order chi connectivity index (χ1) is 9.16. The predicted octanol–water partition coefficient (Wildman–Crippen LogP) is 4.24. The van der Waals surface area contributed by atoms with Crippen molar-refractivity contribution in [1.82, 2.24) is 0 Å². The minimum absolute atomic E-state index is 0.241. The summed E-state index contributed by atoms with van der Waals surface area (Å²) in [5.74, 6) is -0.169. The van der Waals surface area contributed by atoms with Crippen LogP contribution in [0.4, 0.5) is 5.69 Å². The summed E-state index contributed by atoms with van der Waals surface area (Å²) in [7, 11) is 0. The monoisotopic (exact) mass is 291 g/mol. The van der Waals surface area contributed by atoms with Gasteiger partial charge < -0.3 is 4.74 Å². The Kier molecular flexibility index (Phi) is 3.01. The molecule has 1 aliphatic heterocycles. The SMILES string of the molecule is O=C1OC(=Nc2cccc(Cl)c2Cl)c2ccccc21. The first-order valence-corrected chi connectivity index (χ1v) is 6.26. The van der Waals surface area contributed by atoms with E-state index in [2.05, 4.69) is 4.99 Å². The van der Waals surface area contributed by atoms with Crippen molar-refractivity contribution in [3.8, 4) is 0 Å². The Hall–Kier alpha value is -1.84. The zero-order chi connectivity index (χ0) is 13.4. The van der Waals surface area contributed by atoms with Crippen LogP contribution in [0.5, 0.6) is 0 Å². The summed E-state index contributed by atoms with van der Waals surface area (Å²) in [6.07, 6.45) is 0. The number of esters is 1. The summed E-state index contributed by atoms with van der Waals surface area (Å²) >= 11 is 12.0. The molecule has 0 amide bonds. The normalized spacial score (nSPS) is 15.5.